The lowest BCUT2D eigenvalue weighted by Gasteiger charge is -2.35. The molecule has 0 spiro atoms. The summed E-state index contributed by atoms with van der Waals surface area (Å²) in [5.41, 5.74) is -0.158. The molecule has 0 saturated carbocycles. The Morgan fingerprint density at radius 3 is 2.70 bits per heavy atom. The monoisotopic (exact) mass is 438 g/mol. The molecular formula is C17H20BrFN6O2. The molecule has 1 aliphatic heterocycles. The van der Waals surface area contributed by atoms with E-state index >= 15 is 0 Å². The molecule has 0 bridgehead atoms. The van der Waals surface area contributed by atoms with Gasteiger partial charge in [-0.05, 0) is 51.2 Å². The van der Waals surface area contributed by atoms with Crippen LogP contribution in [0.15, 0.2) is 29.0 Å². The van der Waals surface area contributed by atoms with E-state index in [4.69, 9.17) is 0 Å². The average Bonchev–Trinajstić information content (AvgIpc) is 2.63. The van der Waals surface area contributed by atoms with E-state index in [9.17, 15) is 14.5 Å². The van der Waals surface area contributed by atoms with Crippen LogP contribution in [0, 0.1) is 15.9 Å². The van der Waals surface area contributed by atoms with Crippen molar-refractivity contribution in [3.05, 3.63) is 44.9 Å². The van der Waals surface area contributed by atoms with Crippen LogP contribution in [0.5, 0.6) is 0 Å². The average molecular weight is 439 g/mol. The number of hydrogen-bond donors (Lipinski definition) is 1. The number of halogens is 2. The van der Waals surface area contributed by atoms with E-state index in [0.717, 1.165) is 25.9 Å². The fourth-order valence-electron chi connectivity index (χ4n) is 3.16. The molecule has 144 valence electrons. The first-order valence-electron chi connectivity index (χ1n) is 8.49. The predicted octanol–water partition coefficient (Wildman–Crippen LogP) is 3.56. The molecule has 1 aromatic heterocycles. The summed E-state index contributed by atoms with van der Waals surface area (Å²) in [4.78, 5) is 23.4. The van der Waals surface area contributed by atoms with Gasteiger partial charge in [0, 0.05) is 17.6 Å². The molecule has 0 radical (unpaired) electrons. The Bertz CT molecular complexity index is 844. The van der Waals surface area contributed by atoms with Gasteiger partial charge >= 0.3 is 5.69 Å². The van der Waals surface area contributed by atoms with Gasteiger partial charge in [0.25, 0.3) is 0 Å². The summed E-state index contributed by atoms with van der Waals surface area (Å²) in [5.74, 6) is -0.349. The van der Waals surface area contributed by atoms with E-state index in [0.29, 0.717) is 4.47 Å². The lowest BCUT2D eigenvalue weighted by molar-refractivity contribution is -0.383. The number of aromatic nitrogens is 2. The molecule has 2 aromatic rings. The third-order valence-electron chi connectivity index (χ3n) is 4.74. The van der Waals surface area contributed by atoms with Crippen LogP contribution in [0.1, 0.15) is 12.8 Å². The second kappa shape index (κ2) is 8.13. The van der Waals surface area contributed by atoms with Crippen molar-refractivity contribution in [1.29, 1.82) is 0 Å². The number of piperidine rings is 1. The van der Waals surface area contributed by atoms with Gasteiger partial charge in [-0.2, -0.15) is 0 Å². The summed E-state index contributed by atoms with van der Waals surface area (Å²) in [6.45, 7) is 1.84. The van der Waals surface area contributed by atoms with Gasteiger partial charge in [-0.3, -0.25) is 10.1 Å². The Hall–Kier alpha value is -2.33. The Kier molecular flexibility index (Phi) is 5.85. The fraction of sp³-hybridized carbons (Fsp3) is 0.412. The molecule has 8 nitrogen and oxygen atoms in total. The largest absolute Gasteiger partial charge is 0.353 e. The number of likely N-dealkylation sites (tertiary alicyclic amines) is 1. The van der Waals surface area contributed by atoms with E-state index in [1.54, 1.807) is 13.1 Å². The maximum absolute atomic E-state index is 14.1. The number of rotatable bonds is 5. The second-order valence-electron chi connectivity index (χ2n) is 6.55. The zero-order valence-electron chi connectivity index (χ0n) is 15.0. The number of nitrogens with one attached hydrogen (secondary N) is 1. The fourth-order valence-corrected chi connectivity index (χ4v) is 3.49. The van der Waals surface area contributed by atoms with E-state index in [1.807, 2.05) is 4.90 Å². The molecule has 0 amide bonds. The van der Waals surface area contributed by atoms with Gasteiger partial charge < -0.3 is 15.1 Å². The van der Waals surface area contributed by atoms with E-state index in [-0.39, 0.29) is 29.1 Å². The SMILES string of the molecule is CN1CCC(N(C)c2ncnc(Nc3ccc(Br)cc3F)c2[N+](=O)[O-])CC1. The lowest BCUT2D eigenvalue weighted by atomic mass is 10.0. The van der Waals surface area contributed by atoms with Gasteiger partial charge in [-0.15, -0.1) is 0 Å². The van der Waals surface area contributed by atoms with Crippen molar-refractivity contribution in [2.75, 3.05) is 37.4 Å². The zero-order chi connectivity index (χ0) is 19.6. The number of nitrogens with zero attached hydrogens (tertiary/aromatic N) is 5. The molecule has 1 aliphatic rings. The molecule has 1 N–H and O–H groups in total. The van der Waals surface area contributed by atoms with E-state index in [1.165, 1.54) is 18.5 Å². The van der Waals surface area contributed by atoms with Crippen molar-refractivity contribution in [3.63, 3.8) is 0 Å². The van der Waals surface area contributed by atoms with Crippen LogP contribution in [0.2, 0.25) is 0 Å². The molecular weight excluding hydrogens is 419 g/mol. The van der Waals surface area contributed by atoms with Crippen LogP contribution in [-0.4, -0.2) is 53.0 Å². The topological polar surface area (TPSA) is 87.4 Å². The summed E-state index contributed by atoms with van der Waals surface area (Å²) < 4.78 is 14.7. The van der Waals surface area contributed by atoms with Gasteiger partial charge in [0.1, 0.15) is 12.1 Å². The maximum atomic E-state index is 14.1. The van der Waals surface area contributed by atoms with Crippen molar-refractivity contribution < 1.29 is 9.31 Å². The van der Waals surface area contributed by atoms with Crippen molar-refractivity contribution >= 4 is 38.9 Å². The minimum Gasteiger partial charge on any atom is -0.351 e. The molecule has 2 heterocycles. The van der Waals surface area contributed by atoms with E-state index < -0.39 is 10.7 Å². The maximum Gasteiger partial charge on any atom is 0.353 e. The second-order valence-corrected chi connectivity index (χ2v) is 7.46. The molecule has 1 saturated heterocycles. The van der Waals surface area contributed by atoms with Crippen LogP contribution in [0.4, 0.5) is 27.4 Å². The Morgan fingerprint density at radius 2 is 2.07 bits per heavy atom. The van der Waals surface area contributed by atoms with Gasteiger partial charge in [0.05, 0.1) is 10.6 Å². The van der Waals surface area contributed by atoms with Crippen LogP contribution >= 0.6 is 15.9 Å². The van der Waals surface area contributed by atoms with Gasteiger partial charge in [0.15, 0.2) is 0 Å². The quantitative estimate of drug-likeness (QED) is 0.563. The van der Waals surface area contributed by atoms with Gasteiger partial charge in [-0.25, -0.2) is 14.4 Å². The molecule has 27 heavy (non-hydrogen) atoms. The van der Waals surface area contributed by atoms with Crippen LogP contribution < -0.4 is 10.2 Å². The summed E-state index contributed by atoms with van der Waals surface area (Å²) in [7, 11) is 3.85. The molecule has 1 fully saturated rings. The van der Waals surface area contributed by atoms with Crippen molar-refractivity contribution in [2.24, 2.45) is 0 Å². The third-order valence-corrected chi connectivity index (χ3v) is 5.23. The molecule has 0 aliphatic carbocycles. The number of anilines is 3. The summed E-state index contributed by atoms with van der Waals surface area (Å²) in [5, 5.41) is 14.5. The molecule has 10 heteroatoms. The van der Waals surface area contributed by atoms with Crippen LogP contribution in [0.3, 0.4) is 0 Å². The summed E-state index contributed by atoms with van der Waals surface area (Å²) in [6.07, 6.45) is 3.03. The standard InChI is InChI=1S/C17H20BrFN6O2/c1-23-7-5-12(6-8-23)24(2)17-15(25(26)27)16(20-10-21-17)22-14-4-3-11(18)9-13(14)19/h3-4,9-10,12H,5-8H2,1-2H3,(H,20,21,22). The van der Waals surface area contributed by atoms with Gasteiger partial charge in [-0.1, -0.05) is 15.9 Å². The summed E-state index contributed by atoms with van der Waals surface area (Å²) >= 11 is 3.19. The highest BCUT2D eigenvalue weighted by molar-refractivity contribution is 9.10. The van der Waals surface area contributed by atoms with E-state index in [2.05, 4.69) is 43.2 Å². The third kappa shape index (κ3) is 4.33. The lowest BCUT2D eigenvalue weighted by Crippen LogP contribution is -2.42. The van der Waals surface area contributed by atoms with Crippen molar-refractivity contribution in [1.82, 2.24) is 14.9 Å². The smallest absolute Gasteiger partial charge is 0.351 e. The van der Waals surface area contributed by atoms with Crippen molar-refractivity contribution in [2.45, 2.75) is 18.9 Å². The van der Waals surface area contributed by atoms with Gasteiger partial charge in [0.2, 0.25) is 11.6 Å². The minimum atomic E-state index is -0.539. The first-order chi connectivity index (χ1) is 12.9. The minimum absolute atomic E-state index is 0.0361. The molecule has 0 atom stereocenters. The Balaban J connectivity index is 1.94. The zero-order valence-corrected chi connectivity index (χ0v) is 16.6. The van der Waals surface area contributed by atoms with Crippen LogP contribution in [0.25, 0.3) is 0 Å². The van der Waals surface area contributed by atoms with Crippen LogP contribution in [-0.2, 0) is 0 Å². The summed E-state index contributed by atoms with van der Waals surface area (Å²) in [6, 6.07) is 4.56. The first kappa shape index (κ1) is 19.4. The van der Waals surface area contributed by atoms with Crippen molar-refractivity contribution in [3.8, 4) is 0 Å². The number of benzene rings is 1. The molecule has 0 unspecified atom stereocenters. The number of hydrogen-bond acceptors (Lipinski definition) is 7. The Labute approximate surface area is 164 Å². The molecule has 3 rings (SSSR count). The normalized spacial score (nSPS) is 15.6. The predicted molar refractivity (Wildman–Crippen MR) is 105 cm³/mol. The number of nitro groups is 1. The highest BCUT2D eigenvalue weighted by atomic mass is 79.9. The first-order valence-corrected chi connectivity index (χ1v) is 9.29. The Morgan fingerprint density at radius 1 is 1.37 bits per heavy atom. The highest BCUT2D eigenvalue weighted by Gasteiger charge is 2.30. The molecule has 1 aromatic carbocycles. The highest BCUT2D eigenvalue weighted by Crippen LogP contribution is 2.35.